The molecule has 0 heterocycles. The van der Waals surface area contributed by atoms with Crippen molar-refractivity contribution in [3.63, 3.8) is 0 Å². The molecule has 0 aliphatic carbocycles. The van der Waals surface area contributed by atoms with E-state index in [1.807, 2.05) is 6.07 Å². The fourth-order valence-corrected chi connectivity index (χ4v) is 2.66. The van der Waals surface area contributed by atoms with Gasteiger partial charge in [-0.25, -0.2) is 0 Å². The van der Waals surface area contributed by atoms with Crippen LogP contribution in [0.3, 0.4) is 0 Å². The van der Waals surface area contributed by atoms with Crippen LogP contribution in [0.1, 0.15) is 30.6 Å². The van der Waals surface area contributed by atoms with Gasteiger partial charge in [-0.05, 0) is 48.8 Å². The van der Waals surface area contributed by atoms with Gasteiger partial charge in [-0.15, -0.1) is 0 Å². The van der Waals surface area contributed by atoms with E-state index >= 15 is 0 Å². The molecule has 7 heteroatoms. The summed E-state index contributed by atoms with van der Waals surface area (Å²) in [5.41, 5.74) is 0.934. The highest BCUT2D eigenvalue weighted by molar-refractivity contribution is 7.80. The Kier molecular flexibility index (Phi) is 7.69. The second-order valence-corrected chi connectivity index (χ2v) is 7.23. The maximum absolute atomic E-state index is 12.5. The number of halogens is 2. The van der Waals surface area contributed by atoms with Crippen molar-refractivity contribution in [1.29, 1.82) is 0 Å². The van der Waals surface area contributed by atoms with Crippen LogP contribution in [0.5, 0.6) is 5.75 Å². The minimum absolute atomic E-state index is 0.121. The van der Waals surface area contributed by atoms with E-state index in [-0.39, 0.29) is 11.0 Å². The summed E-state index contributed by atoms with van der Waals surface area (Å²) in [6.45, 7) is 4.78. The zero-order valence-corrected chi connectivity index (χ0v) is 16.8. The molecule has 0 aliphatic rings. The second kappa shape index (κ2) is 9.76. The summed E-state index contributed by atoms with van der Waals surface area (Å²) in [5, 5.41) is 6.36. The lowest BCUT2D eigenvalue weighted by atomic mass is 10.1. The quantitative estimate of drug-likeness (QED) is 0.613. The molecule has 0 bridgehead atoms. The lowest BCUT2D eigenvalue weighted by Crippen LogP contribution is -2.34. The standard InChI is InChI=1S/C19H20Cl2N2O2S/c1-12(2)10-11-25-16-9-4-3-6-13(16)18(24)23-19(26)22-15-8-5-7-14(20)17(15)21/h3-9,12H,10-11H2,1-2H3,(H2,22,23,24,26). The normalized spacial score (nSPS) is 10.5. The van der Waals surface area contributed by atoms with Crippen molar-refractivity contribution in [1.82, 2.24) is 5.32 Å². The third-order valence-corrected chi connectivity index (χ3v) is 4.53. The van der Waals surface area contributed by atoms with Gasteiger partial charge >= 0.3 is 0 Å². The molecule has 26 heavy (non-hydrogen) atoms. The lowest BCUT2D eigenvalue weighted by molar-refractivity contribution is 0.0973. The summed E-state index contributed by atoms with van der Waals surface area (Å²) in [6, 6.07) is 12.2. The van der Waals surface area contributed by atoms with Gasteiger partial charge in [0.1, 0.15) is 5.75 Å². The van der Waals surface area contributed by atoms with Crippen molar-refractivity contribution >= 4 is 52.1 Å². The van der Waals surface area contributed by atoms with Gasteiger partial charge in [-0.1, -0.05) is 55.2 Å². The topological polar surface area (TPSA) is 50.4 Å². The molecule has 1 amide bonds. The van der Waals surface area contributed by atoms with Crippen LogP contribution in [0.25, 0.3) is 0 Å². The van der Waals surface area contributed by atoms with Crippen molar-refractivity contribution in [2.24, 2.45) is 5.92 Å². The molecular weight excluding hydrogens is 391 g/mol. The van der Waals surface area contributed by atoms with Gasteiger partial charge < -0.3 is 10.1 Å². The lowest BCUT2D eigenvalue weighted by Gasteiger charge is -2.14. The fourth-order valence-electron chi connectivity index (χ4n) is 2.11. The molecular formula is C19H20Cl2N2O2S. The predicted octanol–water partition coefficient (Wildman–Crippen LogP) is 5.55. The molecule has 0 unspecified atom stereocenters. The summed E-state index contributed by atoms with van der Waals surface area (Å²) >= 11 is 17.3. The molecule has 0 atom stereocenters. The highest BCUT2D eigenvalue weighted by atomic mass is 35.5. The number of ether oxygens (including phenoxy) is 1. The van der Waals surface area contributed by atoms with Crippen LogP contribution < -0.4 is 15.4 Å². The fraction of sp³-hybridized carbons (Fsp3) is 0.263. The van der Waals surface area contributed by atoms with Crippen LogP contribution >= 0.6 is 35.4 Å². The number of benzene rings is 2. The first-order valence-corrected chi connectivity index (χ1v) is 9.33. The summed E-state index contributed by atoms with van der Waals surface area (Å²) in [5.74, 6) is 0.685. The molecule has 0 spiro atoms. The molecule has 2 N–H and O–H groups in total. The zero-order valence-electron chi connectivity index (χ0n) is 14.5. The number of nitrogens with one attached hydrogen (secondary N) is 2. The van der Waals surface area contributed by atoms with Crippen molar-refractivity contribution < 1.29 is 9.53 Å². The Hall–Kier alpha value is -1.82. The van der Waals surface area contributed by atoms with Gasteiger partial charge in [0.25, 0.3) is 5.91 Å². The van der Waals surface area contributed by atoms with Crippen LogP contribution in [0.2, 0.25) is 10.0 Å². The highest BCUT2D eigenvalue weighted by Crippen LogP contribution is 2.29. The van der Waals surface area contributed by atoms with E-state index in [0.29, 0.717) is 39.6 Å². The molecule has 138 valence electrons. The van der Waals surface area contributed by atoms with E-state index in [1.54, 1.807) is 36.4 Å². The van der Waals surface area contributed by atoms with E-state index in [9.17, 15) is 4.79 Å². The van der Waals surface area contributed by atoms with E-state index in [2.05, 4.69) is 24.5 Å². The van der Waals surface area contributed by atoms with E-state index in [0.717, 1.165) is 6.42 Å². The molecule has 2 aromatic carbocycles. The number of para-hydroxylation sites is 1. The third-order valence-electron chi connectivity index (χ3n) is 3.51. The van der Waals surface area contributed by atoms with Crippen LogP contribution in [0.4, 0.5) is 5.69 Å². The zero-order chi connectivity index (χ0) is 19.1. The summed E-state index contributed by atoms with van der Waals surface area (Å²) in [4.78, 5) is 12.5. The smallest absolute Gasteiger partial charge is 0.261 e. The second-order valence-electron chi connectivity index (χ2n) is 6.04. The third kappa shape index (κ3) is 5.87. The number of carbonyl (C=O) groups excluding carboxylic acids is 1. The first-order chi connectivity index (χ1) is 12.4. The molecule has 4 nitrogen and oxygen atoms in total. The summed E-state index contributed by atoms with van der Waals surface area (Å²) in [7, 11) is 0. The van der Waals surface area contributed by atoms with E-state index in [1.165, 1.54) is 0 Å². The van der Waals surface area contributed by atoms with Gasteiger partial charge in [0.15, 0.2) is 5.11 Å². The van der Waals surface area contributed by atoms with E-state index in [4.69, 9.17) is 40.2 Å². The SMILES string of the molecule is CC(C)CCOc1ccccc1C(=O)NC(=S)Nc1cccc(Cl)c1Cl. The molecule has 0 saturated heterocycles. The molecule has 2 rings (SSSR count). The Morgan fingerprint density at radius 1 is 1.15 bits per heavy atom. The van der Waals surface area contributed by atoms with Crippen LogP contribution in [0.15, 0.2) is 42.5 Å². The van der Waals surface area contributed by atoms with Crippen LogP contribution in [0, 0.1) is 5.92 Å². The number of anilines is 1. The Balaban J connectivity index is 2.03. The Bertz CT molecular complexity index is 797. The first-order valence-electron chi connectivity index (χ1n) is 8.16. The van der Waals surface area contributed by atoms with Crippen molar-refractivity contribution in [3.8, 4) is 5.75 Å². The summed E-state index contributed by atoms with van der Waals surface area (Å²) < 4.78 is 5.74. The molecule has 0 radical (unpaired) electrons. The van der Waals surface area contributed by atoms with Crippen LogP contribution in [-0.4, -0.2) is 17.6 Å². The Morgan fingerprint density at radius 2 is 1.88 bits per heavy atom. The Morgan fingerprint density at radius 3 is 2.62 bits per heavy atom. The van der Waals surface area contributed by atoms with Gasteiger partial charge in [0, 0.05) is 0 Å². The number of carbonyl (C=O) groups is 1. The van der Waals surface area contributed by atoms with Crippen molar-refractivity contribution in [2.75, 3.05) is 11.9 Å². The summed E-state index contributed by atoms with van der Waals surface area (Å²) in [6.07, 6.45) is 0.906. The minimum atomic E-state index is -0.360. The average molecular weight is 411 g/mol. The largest absolute Gasteiger partial charge is 0.493 e. The van der Waals surface area contributed by atoms with Gasteiger partial charge in [-0.3, -0.25) is 10.1 Å². The average Bonchev–Trinajstić information content (AvgIpc) is 2.59. The molecule has 0 saturated carbocycles. The van der Waals surface area contributed by atoms with E-state index < -0.39 is 0 Å². The molecule has 0 aliphatic heterocycles. The minimum Gasteiger partial charge on any atom is -0.493 e. The number of hydrogen-bond acceptors (Lipinski definition) is 3. The maximum atomic E-state index is 12.5. The highest BCUT2D eigenvalue weighted by Gasteiger charge is 2.14. The number of hydrogen-bond donors (Lipinski definition) is 2. The van der Waals surface area contributed by atoms with Crippen molar-refractivity contribution in [2.45, 2.75) is 20.3 Å². The number of thiocarbonyl (C=S) groups is 1. The van der Waals surface area contributed by atoms with Gasteiger partial charge in [-0.2, -0.15) is 0 Å². The molecule has 0 fully saturated rings. The Labute approximate surface area is 168 Å². The van der Waals surface area contributed by atoms with Gasteiger partial charge in [0.05, 0.1) is 27.9 Å². The van der Waals surface area contributed by atoms with Gasteiger partial charge in [0.2, 0.25) is 0 Å². The van der Waals surface area contributed by atoms with Crippen molar-refractivity contribution in [3.05, 3.63) is 58.1 Å². The first kappa shape index (κ1) is 20.5. The predicted molar refractivity (Wildman–Crippen MR) is 112 cm³/mol. The number of amides is 1. The maximum Gasteiger partial charge on any atom is 0.261 e. The van der Waals surface area contributed by atoms with Crippen LogP contribution in [-0.2, 0) is 0 Å². The number of rotatable bonds is 6. The molecule has 2 aromatic rings. The monoisotopic (exact) mass is 410 g/mol. The molecule has 0 aromatic heterocycles.